The van der Waals surface area contributed by atoms with E-state index in [2.05, 4.69) is 15.2 Å². The van der Waals surface area contributed by atoms with Crippen molar-refractivity contribution < 1.29 is 9.21 Å². The minimum Gasteiger partial charge on any atom is -0.432 e. The number of piperidine rings is 1. The highest BCUT2D eigenvalue weighted by Gasteiger charge is 2.33. The van der Waals surface area contributed by atoms with Crippen molar-refractivity contribution in [3.8, 4) is 11.3 Å². The summed E-state index contributed by atoms with van der Waals surface area (Å²) < 4.78 is 5.60. The number of nitrogens with one attached hydrogen (secondary N) is 1. The van der Waals surface area contributed by atoms with E-state index in [4.69, 9.17) is 16.0 Å². The Hall–Kier alpha value is -1.85. The van der Waals surface area contributed by atoms with Crippen LogP contribution in [0.2, 0.25) is 5.02 Å². The zero-order valence-electron chi connectivity index (χ0n) is 12.7. The smallest absolute Gasteiger partial charge is 0.307 e. The molecule has 3 atom stereocenters. The molecule has 2 saturated heterocycles. The Bertz CT molecular complexity index is 718. The van der Waals surface area contributed by atoms with Crippen LogP contribution in [0.4, 0.5) is 0 Å². The highest BCUT2D eigenvalue weighted by molar-refractivity contribution is 6.33. The lowest BCUT2D eigenvalue weighted by atomic mass is 9.97. The third-order valence-corrected chi connectivity index (χ3v) is 4.97. The topological polar surface area (TPSA) is 58.4 Å². The van der Waals surface area contributed by atoms with Gasteiger partial charge < -0.3 is 14.6 Å². The van der Waals surface area contributed by atoms with E-state index in [1.165, 1.54) is 13.0 Å². The zero-order valence-corrected chi connectivity index (χ0v) is 13.4. The Morgan fingerprint density at radius 3 is 3.04 bits per heavy atom. The molecule has 2 fully saturated rings. The number of benzene rings is 1. The van der Waals surface area contributed by atoms with Crippen LogP contribution in [0.5, 0.6) is 0 Å². The van der Waals surface area contributed by atoms with Crippen LogP contribution < -0.4 is 5.32 Å². The maximum Gasteiger partial charge on any atom is 0.307 e. The van der Waals surface area contributed by atoms with Crippen molar-refractivity contribution in [2.24, 2.45) is 5.92 Å². The molecule has 4 rings (SSSR count). The molecule has 3 heterocycles. The molecular formula is C17H18ClN3O2. The number of aromatic nitrogens is 1. The van der Waals surface area contributed by atoms with Crippen LogP contribution in [0.1, 0.15) is 23.5 Å². The lowest BCUT2D eigenvalue weighted by Crippen LogP contribution is -2.47. The van der Waals surface area contributed by atoms with Crippen molar-refractivity contribution in [2.45, 2.75) is 18.9 Å². The van der Waals surface area contributed by atoms with Crippen molar-refractivity contribution in [2.75, 3.05) is 19.6 Å². The number of amides is 1. The van der Waals surface area contributed by atoms with Crippen molar-refractivity contribution in [3.05, 3.63) is 41.4 Å². The van der Waals surface area contributed by atoms with Crippen LogP contribution in [-0.2, 0) is 0 Å². The molecule has 2 aliphatic heterocycles. The Balaban J connectivity index is 1.46. The molecule has 0 aliphatic carbocycles. The van der Waals surface area contributed by atoms with Gasteiger partial charge in [-0.3, -0.25) is 4.79 Å². The van der Waals surface area contributed by atoms with E-state index in [1.54, 1.807) is 12.3 Å². The first kappa shape index (κ1) is 14.7. The molecule has 1 amide bonds. The maximum absolute atomic E-state index is 12.4. The van der Waals surface area contributed by atoms with Gasteiger partial charge in [0.15, 0.2) is 5.76 Å². The van der Waals surface area contributed by atoms with Gasteiger partial charge in [0.25, 0.3) is 5.89 Å². The lowest BCUT2D eigenvalue weighted by Gasteiger charge is -2.30. The number of nitrogens with zero attached hydrogens (tertiary/aromatic N) is 2. The van der Waals surface area contributed by atoms with Crippen LogP contribution >= 0.6 is 11.6 Å². The van der Waals surface area contributed by atoms with Gasteiger partial charge in [0.05, 0.1) is 11.2 Å². The maximum atomic E-state index is 12.4. The molecule has 23 heavy (non-hydrogen) atoms. The predicted molar refractivity (Wildman–Crippen MR) is 87.4 cm³/mol. The molecular weight excluding hydrogens is 314 g/mol. The number of rotatable bonds is 3. The van der Waals surface area contributed by atoms with Gasteiger partial charge in [-0.25, -0.2) is 4.98 Å². The molecule has 6 heteroatoms. The lowest BCUT2D eigenvalue weighted by molar-refractivity contribution is 0.0875. The fourth-order valence-electron chi connectivity index (χ4n) is 3.58. The van der Waals surface area contributed by atoms with Gasteiger partial charge in [-0.1, -0.05) is 23.7 Å². The molecule has 0 spiro atoms. The molecule has 1 N–H and O–H groups in total. The van der Waals surface area contributed by atoms with Crippen molar-refractivity contribution >= 4 is 17.5 Å². The molecule has 0 radical (unpaired) electrons. The second-order valence-corrected chi connectivity index (χ2v) is 6.74. The van der Waals surface area contributed by atoms with E-state index < -0.39 is 0 Å². The van der Waals surface area contributed by atoms with Crippen LogP contribution in [0.3, 0.4) is 0 Å². The van der Waals surface area contributed by atoms with Gasteiger partial charge in [0.1, 0.15) is 0 Å². The molecule has 2 aliphatic rings. The standard InChI is InChI=1S/C17H18ClN3O2/c18-14-4-2-1-3-13(14)15-8-19-17(23-15)16(22)20-12-7-11-5-6-21(9-11)10-12/h1-4,8,11-12H,5-7,9-10H2,(H,20,22)/t11-,12-/m1/s1. The zero-order chi connectivity index (χ0) is 15.8. The first-order chi connectivity index (χ1) is 11.2. The quantitative estimate of drug-likeness (QED) is 0.939. The molecule has 5 nitrogen and oxygen atoms in total. The van der Waals surface area contributed by atoms with Gasteiger partial charge in [0.2, 0.25) is 0 Å². The highest BCUT2D eigenvalue weighted by Crippen LogP contribution is 2.29. The summed E-state index contributed by atoms with van der Waals surface area (Å²) in [4.78, 5) is 18.9. The average Bonchev–Trinajstić information content (AvgIpc) is 3.15. The Morgan fingerprint density at radius 1 is 1.35 bits per heavy atom. The predicted octanol–water partition coefficient (Wildman–Crippen LogP) is 2.82. The Morgan fingerprint density at radius 2 is 2.22 bits per heavy atom. The minimum atomic E-state index is -0.254. The van der Waals surface area contributed by atoms with Crippen LogP contribution in [0, 0.1) is 5.92 Å². The van der Waals surface area contributed by atoms with E-state index in [1.807, 2.05) is 18.2 Å². The minimum absolute atomic E-state index is 0.0906. The normalized spacial score (nSPS) is 26.2. The molecule has 120 valence electrons. The molecule has 1 aromatic carbocycles. The van der Waals surface area contributed by atoms with E-state index in [9.17, 15) is 4.79 Å². The van der Waals surface area contributed by atoms with Gasteiger partial charge in [-0.15, -0.1) is 0 Å². The van der Waals surface area contributed by atoms with E-state index in [0.29, 0.717) is 16.7 Å². The van der Waals surface area contributed by atoms with Crippen molar-refractivity contribution in [1.29, 1.82) is 0 Å². The first-order valence-corrected chi connectivity index (χ1v) is 8.31. The third-order valence-electron chi connectivity index (χ3n) is 4.64. The number of carbonyl (C=O) groups excluding carboxylic acids is 1. The molecule has 2 bridgehead atoms. The van der Waals surface area contributed by atoms with Crippen molar-refractivity contribution in [1.82, 2.24) is 15.2 Å². The Labute approximate surface area is 139 Å². The fraction of sp³-hybridized carbons (Fsp3) is 0.412. The summed E-state index contributed by atoms with van der Waals surface area (Å²) in [5.41, 5.74) is 0.738. The van der Waals surface area contributed by atoms with Crippen LogP contribution in [-0.4, -0.2) is 41.5 Å². The molecule has 1 aromatic heterocycles. The summed E-state index contributed by atoms with van der Waals surface area (Å²) in [6, 6.07) is 7.53. The third kappa shape index (κ3) is 2.99. The fourth-order valence-corrected chi connectivity index (χ4v) is 3.80. The second kappa shape index (κ2) is 5.98. The van der Waals surface area contributed by atoms with E-state index >= 15 is 0 Å². The van der Waals surface area contributed by atoms with E-state index in [-0.39, 0.29) is 17.8 Å². The summed E-state index contributed by atoms with van der Waals surface area (Å²) in [6.07, 6.45) is 3.83. The number of fused-ring (bicyclic) bond motifs is 2. The number of hydrogen-bond donors (Lipinski definition) is 1. The molecule has 0 saturated carbocycles. The second-order valence-electron chi connectivity index (χ2n) is 6.33. The SMILES string of the molecule is O=C(N[C@@H]1C[C@H]2CCN(C2)C1)c1ncc(-c2ccccc2Cl)o1. The number of halogens is 1. The summed E-state index contributed by atoms with van der Waals surface area (Å²) in [7, 11) is 0. The summed E-state index contributed by atoms with van der Waals surface area (Å²) in [5, 5.41) is 3.62. The van der Waals surface area contributed by atoms with Crippen LogP contribution in [0.25, 0.3) is 11.3 Å². The monoisotopic (exact) mass is 331 g/mol. The molecule has 1 unspecified atom stereocenters. The van der Waals surface area contributed by atoms with Gasteiger partial charge in [-0.05, 0) is 37.4 Å². The summed E-state index contributed by atoms with van der Waals surface area (Å²) in [6.45, 7) is 3.23. The number of carbonyl (C=O) groups is 1. The van der Waals surface area contributed by atoms with Gasteiger partial charge in [-0.2, -0.15) is 0 Å². The largest absolute Gasteiger partial charge is 0.432 e. The van der Waals surface area contributed by atoms with Crippen LogP contribution in [0.15, 0.2) is 34.9 Å². The average molecular weight is 332 g/mol. The van der Waals surface area contributed by atoms with Crippen molar-refractivity contribution in [3.63, 3.8) is 0 Å². The number of oxazole rings is 1. The first-order valence-electron chi connectivity index (χ1n) is 7.93. The van der Waals surface area contributed by atoms with E-state index in [0.717, 1.165) is 25.1 Å². The van der Waals surface area contributed by atoms with Gasteiger partial charge in [0, 0.05) is 24.7 Å². The summed E-state index contributed by atoms with van der Waals surface area (Å²) in [5.74, 6) is 1.05. The number of hydrogen-bond acceptors (Lipinski definition) is 4. The summed E-state index contributed by atoms with van der Waals surface area (Å²) >= 11 is 6.15. The van der Waals surface area contributed by atoms with Gasteiger partial charge >= 0.3 is 5.91 Å². The highest BCUT2D eigenvalue weighted by atomic mass is 35.5. The molecule has 2 aromatic rings. The Kier molecular flexibility index (Phi) is 3.83.